The van der Waals surface area contributed by atoms with Crippen LogP contribution in [0.3, 0.4) is 0 Å². The topological polar surface area (TPSA) is 59.2 Å². The van der Waals surface area contributed by atoms with Gasteiger partial charge in [0.25, 0.3) is 5.89 Å². The third kappa shape index (κ3) is 3.98. The van der Waals surface area contributed by atoms with Crippen molar-refractivity contribution in [2.75, 3.05) is 6.54 Å². The van der Waals surface area contributed by atoms with Gasteiger partial charge in [-0.15, -0.1) is 0 Å². The van der Waals surface area contributed by atoms with Crippen molar-refractivity contribution in [3.63, 3.8) is 0 Å². The third-order valence-corrected chi connectivity index (χ3v) is 4.80. The Labute approximate surface area is 162 Å². The van der Waals surface area contributed by atoms with Crippen LogP contribution in [0.1, 0.15) is 29.3 Å². The fourth-order valence-corrected chi connectivity index (χ4v) is 3.25. The van der Waals surface area contributed by atoms with Crippen LogP contribution in [0.25, 0.3) is 11.5 Å². The molecule has 0 aliphatic carbocycles. The normalized spacial score (nSPS) is 17.2. The number of amides is 1. The van der Waals surface area contributed by atoms with E-state index in [4.69, 9.17) is 4.52 Å². The van der Waals surface area contributed by atoms with Gasteiger partial charge in [0.05, 0.1) is 5.56 Å². The maximum Gasteiger partial charge on any atom is 0.416 e. The monoisotopic (exact) mass is 405 g/mol. The lowest BCUT2D eigenvalue weighted by molar-refractivity contribution is -0.137. The molecule has 1 aliphatic rings. The van der Waals surface area contributed by atoms with E-state index in [1.165, 1.54) is 23.1 Å². The summed E-state index contributed by atoms with van der Waals surface area (Å²) in [5.74, 6) is -0.494. The number of hydrogen-bond acceptors (Lipinski definition) is 4. The van der Waals surface area contributed by atoms with Gasteiger partial charge in [-0.25, -0.2) is 4.39 Å². The highest BCUT2D eigenvalue weighted by atomic mass is 19.4. The fourth-order valence-electron chi connectivity index (χ4n) is 3.25. The molecule has 2 aromatic carbocycles. The van der Waals surface area contributed by atoms with E-state index in [2.05, 4.69) is 10.1 Å². The summed E-state index contributed by atoms with van der Waals surface area (Å²) in [7, 11) is 0. The molecule has 3 aromatic rings. The van der Waals surface area contributed by atoms with Gasteiger partial charge >= 0.3 is 6.18 Å². The lowest BCUT2D eigenvalue weighted by Gasteiger charge is -2.16. The minimum Gasteiger partial charge on any atom is -0.337 e. The van der Waals surface area contributed by atoms with Crippen molar-refractivity contribution >= 4 is 5.91 Å². The highest BCUT2D eigenvalue weighted by Gasteiger charge is 2.34. The van der Waals surface area contributed by atoms with E-state index >= 15 is 0 Å². The molecule has 0 saturated carbocycles. The first-order chi connectivity index (χ1) is 13.8. The number of hydrogen-bond donors (Lipinski definition) is 0. The highest BCUT2D eigenvalue weighted by Crippen LogP contribution is 2.32. The second-order valence-electron chi connectivity index (χ2n) is 6.80. The third-order valence-electron chi connectivity index (χ3n) is 4.80. The second kappa shape index (κ2) is 7.31. The van der Waals surface area contributed by atoms with Gasteiger partial charge in [-0.1, -0.05) is 23.4 Å². The summed E-state index contributed by atoms with van der Waals surface area (Å²) < 4.78 is 57.0. The van der Waals surface area contributed by atoms with Crippen LogP contribution in [0.15, 0.2) is 53.1 Å². The number of rotatable bonds is 4. The average Bonchev–Trinajstić information content (AvgIpc) is 3.30. The maximum absolute atomic E-state index is 13.8. The van der Waals surface area contributed by atoms with Crippen LogP contribution in [0.4, 0.5) is 17.6 Å². The van der Waals surface area contributed by atoms with Crippen molar-refractivity contribution in [3.05, 3.63) is 71.3 Å². The number of likely N-dealkylation sites (tertiary alicyclic amines) is 1. The van der Waals surface area contributed by atoms with Crippen LogP contribution in [-0.4, -0.2) is 27.5 Å². The van der Waals surface area contributed by atoms with E-state index in [1.54, 1.807) is 18.2 Å². The largest absolute Gasteiger partial charge is 0.416 e. The van der Waals surface area contributed by atoms with E-state index in [0.717, 1.165) is 12.1 Å². The molecule has 4 rings (SSSR count). The molecular weight excluding hydrogens is 390 g/mol. The molecule has 1 fully saturated rings. The summed E-state index contributed by atoms with van der Waals surface area (Å²) in [4.78, 5) is 18.1. The minimum absolute atomic E-state index is 0.0775. The molecule has 1 amide bonds. The average molecular weight is 405 g/mol. The summed E-state index contributed by atoms with van der Waals surface area (Å²) >= 11 is 0. The lowest BCUT2D eigenvalue weighted by Crippen LogP contribution is -2.25. The van der Waals surface area contributed by atoms with Gasteiger partial charge in [0, 0.05) is 36.6 Å². The number of benzene rings is 2. The van der Waals surface area contributed by atoms with E-state index in [-0.39, 0.29) is 36.5 Å². The van der Waals surface area contributed by atoms with Crippen molar-refractivity contribution in [2.45, 2.75) is 25.1 Å². The summed E-state index contributed by atoms with van der Waals surface area (Å²) in [5, 5.41) is 3.88. The summed E-state index contributed by atoms with van der Waals surface area (Å²) in [5.41, 5.74) is -0.00416. The van der Waals surface area contributed by atoms with Crippen LogP contribution < -0.4 is 0 Å². The standard InChI is InChI=1S/C20H15F4N3O2/c21-16-4-2-1-3-13(16)10-27-11-14(9-17(27)28)18-25-19(29-26-18)12-5-7-15(8-6-12)20(22,23)24/h1-8,14H,9-11H2. The first kappa shape index (κ1) is 19.1. The zero-order valence-corrected chi connectivity index (χ0v) is 15.0. The van der Waals surface area contributed by atoms with Gasteiger partial charge in [-0.2, -0.15) is 18.2 Å². The van der Waals surface area contributed by atoms with Crippen LogP contribution in [0.2, 0.25) is 0 Å². The Morgan fingerprint density at radius 3 is 2.52 bits per heavy atom. The van der Waals surface area contributed by atoms with Crippen molar-refractivity contribution in [1.29, 1.82) is 0 Å². The number of nitrogens with zero attached hydrogens (tertiary/aromatic N) is 3. The molecule has 0 radical (unpaired) electrons. The van der Waals surface area contributed by atoms with Crippen LogP contribution in [0, 0.1) is 5.82 Å². The molecule has 1 saturated heterocycles. The minimum atomic E-state index is -4.43. The Morgan fingerprint density at radius 1 is 1.10 bits per heavy atom. The Hall–Kier alpha value is -3.23. The maximum atomic E-state index is 13.8. The fraction of sp³-hybridized carbons (Fsp3) is 0.250. The van der Waals surface area contributed by atoms with E-state index in [1.807, 2.05) is 0 Å². The molecule has 2 heterocycles. The van der Waals surface area contributed by atoms with Crippen molar-refractivity contribution < 1.29 is 26.9 Å². The Kier molecular flexibility index (Phi) is 4.81. The Balaban J connectivity index is 1.47. The molecule has 0 bridgehead atoms. The SMILES string of the molecule is O=C1CC(c2noc(-c3ccc(C(F)(F)F)cc3)n2)CN1Cc1ccccc1F. The zero-order valence-electron chi connectivity index (χ0n) is 15.0. The quantitative estimate of drug-likeness (QED) is 0.604. The van der Waals surface area contributed by atoms with E-state index in [0.29, 0.717) is 23.5 Å². The van der Waals surface area contributed by atoms with Gasteiger partial charge < -0.3 is 9.42 Å². The van der Waals surface area contributed by atoms with E-state index < -0.39 is 11.7 Å². The molecule has 0 N–H and O–H groups in total. The van der Waals surface area contributed by atoms with Gasteiger partial charge in [0.1, 0.15) is 5.82 Å². The van der Waals surface area contributed by atoms with Gasteiger partial charge in [0.2, 0.25) is 5.91 Å². The molecule has 9 heteroatoms. The highest BCUT2D eigenvalue weighted by molar-refractivity contribution is 5.79. The molecule has 1 aliphatic heterocycles. The smallest absolute Gasteiger partial charge is 0.337 e. The second-order valence-corrected chi connectivity index (χ2v) is 6.80. The predicted molar refractivity (Wildman–Crippen MR) is 93.9 cm³/mol. The summed E-state index contributed by atoms with van der Waals surface area (Å²) in [6.45, 7) is 0.449. The molecule has 29 heavy (non-hydrogen) atoms. The number of halogens is 4. The molecule has 150 valence electrons. The Bertz CT molecular complexity index is 1030. The number of aromatic nitrogens is 2. The number of carbonyl (C=O) groups excluding carboxylic acids is 1. The number of alkyl halides is 3. The van der Waals surface area contributed by atoms with Crippen molar-refractivity contribution in [1.82, 2.24) is 15.0 Å². The summed E-state index contributed by atoms with van der Waals surface area (Å²) in [6, 6.07) is 10.6. The molecule has 1 aromatic heterocycles. The molecule has 0 spiro atoms. The lowest BCUT2D eigenvalue weighted by atomic mass is 10.1. The summed E-state index contributed by atoms with van der Waals surface area (Å²) in [6.07, 6.45) is -4.27. The Morgan fingerprint density at radius 2 is 1.83 bits per heavy atom. The number of carbonyl (C=O) groups is 1. The van der Waals surface area contributed by atoms with Crippen molar-refractivity contribution in [2.24, 2.45) is 0 Å². The molecule has 5 nitrogen and oxygen atoms in total. The molecular formula is C20H15F4N3O2. The van der Waals surface area contributed by atoms with Crippen LogP contribution >= 0.6 is 0 Å². The van der Waals surface area contributed by atoms with Gasteiger partial charge in [-0.3, -0.25) is 4.79 Å². The molecule has 1 unspecified atom stereocenters. The van der Waals surface area contributed by atoms with Crippen molar-refractivity contribution in [3.8, 4) is 11.5 Å². The van der Waals surface area contributed by atoms with E-state index in [9.17, 15) is 22.4 Å². The molecule has 1 atom stereocenters. The zero-order chi connectivity index (χ0) is 20.6. The first-order valence-electron chi connectivity index (χ1n) is 8.83. The van der Waals surface area contributed by atoms with Crippen LogP contribution in [0.5, 0.6) is 0 Å². The van der Waals surface area contributed by atoms with Gasteiger partial charge in [0.15, 0.2) is 5.82 Å². The van der Waals surface area contributed by atoms with Gasteiger partial charge in [-0.05, 0) is 30.3 Å². The first-order valence-corrected chi connectivity index (χ1v) is 8.83. The van der Waals surface area contributed by atoms with Crippen LogP contribution in [-0.2, 0) is 17.5 Å². The predicted octanol–water partition coefficient (Wildman–Crippen LogP) is 4.41.